The van der Waals surface area contributed by atoms with E-state index >= 15 is 0 Å². The molecule has 1 heterocycles. The van der Waals surface area contributed by atoms with E-state index in [9.17, 15) is 9.59 Å². The largest absolute Gasteiger partial charge is 0.317 e. The zero-order chi connectivity index (χ0) is 15.3. The fourth-order valence-electron chi connectivity index (χ4n) is 2.61. The van der Waals surface area contributed by atoms with Crippen molar-refractivity contribution in [3.05, 3.63) is 29.8 Å². The predicted molar refractivity (Wildman–Crippen MR) is 78.6 cm³/mol. The zero-order valence-corrected chi connectivity index (χ0v) is 11.9. The van der Waals surface area contributed by atoms with Crippen LogP contribution in [0.1, 0.15) is 18.4 Å². The van der Waals surface area contributed by atoms with Gasteiger partial charge in [-0.15, -0.1) is 0 Å². The van der Waals surface area contributed by atoms with Gasteiger partial charge in [-0.3, -0.25) is 14.5 Å². The van der Waals surface area contributed by atoms with E-state index in [-0.39, 0.29) is 5.91 Å². The zero-order valence-electron chi connectivity index (χ0n) is 11.9. The molecule has 2 N–H and O–H groups in total. The lowest BCUT2D eigenvalue weighted by atomic mass is 9.87. The molecule has 6 heteroatoms. The van der Waals surface area contributed by atoms with E-state index in [1.807, 2.05) is 6.07 Å². The molecule has 1 aromatic rings. The summed E-state index contributed by atoms with van der Waals surface area (Å²) in [7, 11) is 1.73. The Morgan fingerprint density at radius 1 is 1.48 bits per heavy atom. The number of benzene rings is 1. The van der Waals surface area contributed by atoms with Gasteiger partial charge in [-0.2, -0.15) is 5.26 Å². The maximum atomic E-state index is 12.8. The molecule has 2 rings (SSSR count). The first kappa shape index (κ1) is 15.2. The molecule has 0 aliphatic carbocycles. The number of amides is 2. The molecule has 1 aromatic carbocycles. The number of likely N-dealkylation sites (N-methyl/N-ethyl adjacent to an activating group) is 1. The predicted octanol–water partition coefficient (Wildman–Crippen LogP) is 0.389. The first-order valence-corrected chi connectivity index (χ1v) is 6.85. The lowest BCUT2D eigenvalue weighted by Gasteiger charge is -2.38. The van der Waals surface area contributed by atoms with Gasteiger partial charge in [-0.25, -0.2) is 0 Å². The number of nitriles is 1. The summed E-state index contributed by atoms with van der Waals surface area (Å²) in [5, 5.41) is 15.2. The van der Waals surface area contributed by atoms with Gasteiger partial charge in [0.15, 0.2) is 0 Å². The number of anilines is 1. The molecule has 0 saturated carbocycles. The molecule has 1 aliphatic rings. The number of nitrogens with zero attached hydrogens (tertiary/aromatic N) is 2. The Kier molecular flexibility index (Phi) is 4.68. The quantitative estimate of drug-likeness (QED) is 0.782. The summed E-state index contributed by atoms with van der Waals surface area (Å²) in [5.74, 6) is -0.281. The Labute approximate surface area is 123 Å². The summed E-state index contributed by atoms with van der Waals surface area (Å²) in [6.45, 7) is 1.44. The number of hydrogen-bond donors (Lipinski definition) is 2. The first-order chi connectivity index (χ1) is 10.2. The van der Waals surface area contributed by atoms with Crippen molar-refractivity contribution in [2.24, 2.45) is 0 Å². The highest BCUT2D eigenvalue weighted by Crippen LogP contribution is 2.24. The highest BCUT2D eigenvalue weighted by atomic mass is 16.2. The lowest BCUT2D eigenvalue weighted by molar-refractivity contribution is -0.128. The molecule has 0 unspecified atom stereocenters. The van der Waals surface area contributed by atoms with Crippen molar-refractivity contribution in [3.8, 4) is 6.07 Å². The van der Waals surface area contributed by atoms with Gasteiger partial charge in [0.25, 0.3) is 5.91 Å². The Morgan fingerprint density at radius 3 is 2.76 bits per heavy atom. The van der Waals surface area contributed by atoms with E-state index in [2.05, 4.69) is 10.6 Å². The van der Waals surface area contributed by atoms with E-state index in [4.69, 9.17) is 5.26 Å². The monoisotopic (exact) mass is 286 g/mol. The Morgan fingerprint density at radius 2 is 2.19 bits per heavy atom. The number of carbonyl (C=O) groups is 2. The van der Waals surface area contributed by atoms with Gasteiger partial charge in [-0.05, 0) is 51.2 Å². The average Bonchev–Trinajstić information content (AvgIpc) is 2.56. The second-order valence-electron chi connectivity index (χ2n) is 5.02. The van der Waals surface area contributed by atoms with Crippen LogP contribution in [0.3, 0.4) is 0 Å². The minimum atomic E-state index is -0.741. The van der Waals surface area contributed by atoms with Crippen LogP contribution in [0.2, 0.25) is 0 Å². The fourth-order valence-corrected chi connectivity index (χ4v) is 2.61. The molecule has 1 saturated heterocycles. The van der Waals surface area contributed by atoms with E-state index < -0.39 is 5.54 Å². The number of rotatable bonds is 4. The third-order valence-corrected chi connectivity index (χ3v) is 3.92. The summed E-state index contributed by atoms with van der Waals surface area (Å²) in [4.78, 5) is 25.3. The van der Waals surface area contributed by atoms with Crippen LogP contribution < -0.4 is 15.5 Å². The highest BCUT2D eigenvalue weighted by Gasteiger charge is 2.41. The second-order valence-corrected chi connectivity index (χ2v) is 5.02. The summed E-state index contributed by atoms with van der Waals surface area (Å²) in [6.07, 6.45) is 1.75. The van der Waals surface area contributed by atoms with Gasteiger partial charge in [0, 0.05) is 0 Å². The van der Waals surface area contributed by atoms with Gasteiger partial charge < -0.3 is 10.6 Å². The smallest absolute Gasteiger partial charge is 0.253 e. The molecule has 0 aromatic heterocycles. The number of nitrogens with one attached hydrogen (secondary N) is 2. The minimum Gasteiger partial charge on any atom is -0.317 e. The van der Waals surface area contributed by atoms with Crippen LogP contribution in [0.5, 0.6) is 0 Å². The van der Waals surface area contributed by atoms with Gasteiger partial charge in [0.05, 0.1) is 17.3 Å². The van der Waals surface area contributed by atoms with Crippen molar-refractivity contribution in [1.82, 2.24) is 10.6 Å². The van der Waals surface area contributed by atoms with E-state index in [1.165, 1.54) is 6.07 Å². The molecule has 2 amide bonds. The molecule has 0 spiro atoms. The molecule has 0 radical (unpaired) electrons. The van der Waals surface area contributed by atoms with Crippen LogP contribution in [-0.4, -0.2) is 38.0 Å². The Balaban J connectivity index is 2.33. The summed E-state index contributed by atoms with van der Waals surface area (Å²) < 4.78 is 0. The minimum absolute atomic E-state index is 0.281. The van der Waals surface area contributed by atoms with Crippen molar-refractivity contribution in [3.63, 3.8) is 0 Å². The number of piperidine rings is 1. The molecular weight excluding hydrogens is 268 g/mol. The standard InChI is InChI=1S/C15H18N4O2/c1-17-15(5-7-18-8-6-15)14(21)19(11-20)13-4-2-3-12(9-13)10-16/h2-4,9,11,17-18H,5-8H2,1H3. The molecule has 110 valence electrons. The number of hydrogen-bond acceptors (Lipinski definition) is 5. The van der Waals surface area contributed by atoms with Crippen LogP contribution in [0.4, 0.5) is 5.69 Å². The maximum Gasteiger partial charge on any atom is 0.253 e. The summed E-state index contributed by atoms with van der Waals surface area (Å²) in [6, 6.07) is 8.49. The van der Waals surface area contributed by atoms with E-state index in [0.29, 0.717) is 30.5 Å². The van der Waals surface area contributed by atoms with Crippen molar-refractivity contribution in [1.29, 1.82) is 5.26 Å². The van der Waals surface area contributed by atoms with Crippen LogP contribution >= 0.6 is 0 Å². The van der Waals surface area contributed by atoms with Crippen molar-refractivity contribution in [2.45, 2.75) is 18.4 Å². The molecule has 21 heavy (non-hydrogen) atoms. The van der Waals surface area contributed by atoms with Crippen LogP contribution in [0, 0.1) is 11.3 Å². The van der Waals surface area contributed by atoms with Crippen molar-refractivity contribution in [2.75, 3.05) is 25.0 Å². The number of imide groups is 1. The second kappa shape index (κ2) is 6.48. The van der Waals surface area contributed by atoms with Crippen molar-refractivity contribution >= 4 is 18.0 Å². The van der Waals surface area contributed by atoms with E-state index in [0.717, 1.165) is 18.0 Å². The van der Waals surface area contributed by atoms with Crippen LogP contribution in [-0.2, 0) is 9.59 Å². The van der Waals surface area contributed by atoms with Gasteiger partial charge in [0.1, 0.15) is 5.54 Å². The van der Waals surface area contributed by atoms with Gasteiger partial charge in [0.2, 0.25) is 6.41 Å². The lowest BCUT2D eigenvalue weighted by Crippen LogP contribution is -2.61. The SMILES string of the molecule is CNC1(C(=O)N(C=O)c2cccc(C#N)c2)CCNCC1. The van der Waals surface area contributed by atoms with Gasteiger partial charge >= 0.3 is 0 Å². The summed E-state index contributed by atoms with van der Waals surface area (Å²) in [5.41, 5.74) is 0.0904. The van der Waals surface area contributed by atoms with E-state index in [1.54, 1.807) is 25.2 Å². The van der Waals surface area contributed by atoms with Crippen molar-refractivity contribution < 1.29 is 9.59 Å². The fraction of sp³-hybridized carbons (Fsp3) is 0.400. The maximum absolute atomic E-state index is 12.8. The molecule has 0 bridgehead atoms. The third kappa shape index (κ3) is 2.94. The molecule has 1 fully saturated rings. The normalized spacial score (nSPS) is 16.8. The molecular formula is C15H18N4O2. The topological polar surface area (TPSA) is 85.2 Å². The number of carbonyl (C=O) groups excluding carboxylic acids is 2. The molecule has 0 atom stereocenters. The Hall–Kier alpha value is -2.23. The third-order valence-electron chi connectivity index (χ3n) is 3.92. The first-order valence-electron chi connectivity index (χ1n) is 6.85. The molecule has 1 aliphatic heterocycles. The summed E-state index contributed by atoms with van der Waals surface area (Å²) >= 11 is 0. The highest BCUT2D eigenvalue weighted by molar-refractivity contribution is 6.11. The van der Waals surface area contributed by atoms with Crippen LogP contribution in [0.15, 0.2) is 24.3 Å². The average molecular weight is 286 g/mol. The van der Waals surface area contributed by atoms with Crippen LogP contribution in [0.25, 0.3) is 0 Å². The molecule has 6 nitrogen and oxygen atoms in total. The Bertz CT molecular complexity index is 573. The van der Waals surface area contributed by atoms with Gasteiger partial charge in [-0.1, -0.05) is 6.07 Å².